The van der Waals surface area contributed by atoms with E-state index in [0.717, 1.165) is 12.8 Å². The van der Waals surface area contributed by atoms with Crippen LogP contribution in [-0.4, -0.2) is 6.61 Å². The third-order valence-corrected chi connectivity index (χ3v) is 2.84. The normalized spacial score (nSPS) is 10.8. The first kappa shape index (κ1) is 13.3. The number of halogens is 2. The van der Waals surface area contributed by atoms with Crippen LogP contribution in [0.2, 0.25) is 0 Å². The van der Waals surface area contributed by atoms with Crippen molar-refractivity contribution in [2.75, 3.05) is 12.3 Å². The van der Waals surface area contributed by atoms with Gasteiger partial charge in [-0.2, -0.15) is 0 Å². The first-order valence-electron chi connectivity index (χ1n) is 5.38. The van der Waals surface area contributed by atoms with Gasteiger partial charge in [0.1, 0.15) is 11.6 Å². The van der Waals surface area contributed by atoms with Gasteiger partial charge in [0, 0.05) is 6.07 Å². The molecule has 2 nitrogen and oxygen atoms in total. The molecular weight excluding hydrogens is 273 g/mol. The van der Waals surface area contributed by atoms with E-state index in [9.17, 15) is 4.39 Å². The molecule has 2 N–H and O–H groups in total. The minimum absolute atomic E-state index is 0.338. The van der Waals surface area contributed by atoms with E-state index in [4.69, 9.17) is 10.5 Å². The molecule has 1 aromatic carbocycles. The Morgan fingerprint density at radius 1 is 1.44 bits per heavy atom. The standard InChI is InChI=1S/C12H17BrFNO/c1-8(2)4-3-5-16-12-6-9(13)10(14)7-11(12)15/h6-8H,3-5,15H2,1-2H3. The Kier molecular flexibility index (Phi) is 5.06. The Labute approximate surface area is 104 Å². The van der Waals surface area contributed by atoms with Gasteiger partial charge in [-0.15, -0.1) is 0 Å². The molecule has 1 rings (SSSR count). The smallest absolute Gasteiger partial charge is 0.143 e. The van der Waals surface area contributed by atoms with Crippen LogP contribution in [0.15, 0.2) is 16.6 Å². The fourth-order valence-corrected chi connectivity index (χ4v) is 1.67. The lowest BCUT2D eigenvalue weighted by Gasteiger charge is -2.10. The van der Waals surface area contributed by atoms with Gasteiger partial charge in [0.05, 0.1) is 16.8 Å². The average molecular weight is 290 g/mol. The minimum Gasteiger partial charge on any atom is -0.491 e. The summed E-state index contributed by atoms with van der Waals surface area (Å²) >= 11 is 3.10. The Hall–Kier alpha value is -0.770. The number of anilines is 1. The number of rotatable bonds is 5. The van der Waals surface area contributed by atoms with E-state index in [-0.39, 0.29) is 5.82 Å². The van der Waals surface area contributed by atoms with Crippen LogP contribution in [0.1, 0.15) is 26.7 Å². The molecule has 0 heterocycles. The van der Waals surface area contributed by atoms with Crippen molar-refractivity contribution < 1.29 is 9.13 Å². The van der Waals surface area contributed by atoms with E-state index in [0.29, 0.717) is 28.4 Å². The maximum Gasteiger partial charge on any atom is 0.143 e. The van der Waals surface area contributed by atoms with Crippen LogP contribution in [0.4, 0.5) is 10.1 Å². The van der Waals surface area contributed by atoms with Gasteiger partial charge in [0.2, 0.25) is 0 Å². The van der Waals surface area contributed by atoms with E-state index in [2.05, 4.69) is 29.8 Å². The summed E-state index contributed by atoms with van der Waals surface area (Å²) in [6.07, 6.45) is 2.09. The fourth-order valence-electron chi connectivity index (χ4n) is 1.34. The van der Waals surface area contributed by atoms with E-state index in [1.54, 1.807) is 6.07 Å². The van der Waals surface area contributed by atoms with Crippen LogP contribution >= 0.6 is 15.9 Å². The molecule has 90 valence electrons. The van der Waals surface area contributed by atoms with Crippen molar-refractivity contribution in [3.63, 3.8) is 0 Å². The zero-order valence-electron chi connectivity index (χ0n) is 9.59. The number of benzene rings is 1. The summed E-state index contributed by atoms with van der Waals surface area (Å²) in [4.78, 5) is 0. The molecule has 0 radical (unpaired) electrons. The van der Waals surface area contributed by atoms with Crippen molar-refractivity contribution >= 4 is 21.6 Å². The number of nitrogen functional groups attached to an aromatic ring is 1. The van der Waals surface area contributed by atoms with Gasteiger partial charge < -0.3 is 10.5 Å². The molecule has 0 aromatic heterocycles. The monoisotopic (exact) mass is 289 g/mol. The summed E-state index contributed by atoms with van der Waals surface area (Å²) < 4.78 is 18.9. The summed E-state index contributed by atoms with van der Waals surface area (Å²) in [7, 11) is 0. The second-order valence-corrected chi connectivity index (χ2v) is 5.04. The van der Waals surface area contributed by atoms with Gasteiger partial charge in [0.25, 0.3) is 0 Å². The second kappa shape index (κ2) is 6.09. The van der Waals surface area contributed by atoms with Crippen LogP contribution in [-0.2, 0) is 0 Å². The average Bonchev–Trinajstić information content (AvgIpc) is 2.19. The molecule has 0 unspecified atom stereocenters. The van der Waals surface area contributed by atoms with Crippen molar-refractivity contribution in [1.82, 2.24) is 0 Å². The Bertz CT molecular complexity index is 355. The molecular formula is C12H17BrFNO. The molecule has 0 spiro atoms. The molecule has 0 aliphatic rings. The SMILES string of the molecule is CC(C)CCCOc1cc(Br)c(F)cc1N. The quantitative estimate of drug-likeness (QED) is 0.657. The molecule has 0 saturated carbocycles. The highest BCUT2D eigenvalue weighted by molar-refractivity contribution is 9.10. The third kappa shape index (κ3) is 4.00. The van der Waals surface area contributed by atoms with E-state index >= 15 is 0 Å². The lowest BCUT2D eigenvalue weighted by atomic mass is 10.1. The maximum atomic E-state index is 13.1. The maximum absolute atomic E-state index is 13.1. The minimum atomic E-state index is -0.368. The van der Waals surface area contributed by atoms with Crippen LogP contribution in [0.3, 0.4) is 0 Å². The van der Waals surface area contributed by atoms with E-state index in [1.165, 1.54) is 6.07 Å². The summed E-state index contributed by atoms with van der Waals surface area (Å²) in [6.45, 7) is 4.95. The highest BCUT2D eigenvalue weighted by Crippen LogP contribution is 2.28. The van der Waals surface area contributed by atoms with Gasteiger partial charge in [-0.25, -0.2) is 4.39 Å². The van der Waals surface area contributed by atoms with Crippen LogP contribution < -0.4 is 10.5 Å². The molecule has 0 bridgehead atoms. The van der Waals surface area contributed by atoms with Crippen molar-refractivity contribution in [3.05, 3.63) is 22.4 Å². The summed E-state index contributed by atoms with van der Waals surface area (Å²) in [5.41, 5.74) is 5.98. The molecule has 0 saturated heterocycles. The topological polar surface area (TPSA) is 35.2 Å². The van der Waals surface area contributed by atoms with Crippen LogP contribution in [0, 0.1) is 11.7 Å². The van der Waals surface area contributed by atoms with Gasteiger partial charge in [-0.05, 0) is 40.8 Å². The van der Waals surface area contributed by atoms with Crippen molar-refractivity contribution in [1.29, 1.82) is 0 Å². The predicted octanol–water partition coefficient (Wildman–Crippen LogP) is 3.99. The molecule has 0 aliphatic carbocycles. The predicted molar refractivity (Wildman–Crippen MR) is 68.1 cm³/mol. The number of hydrogen-bond acceptors (Lipinski definition) is 2. The molecule has 0 fully saturated rings. The van der Waals surface area contributed by atoms with Crippen LogP contribution in [0.25, 0.3) is 0 Å². The second-order valence-electron chi connectivity index (χ2n) is 4.19. The fraction of sp³-hybridized carbons (Fsp3) is 0.500. The van der Waals surface area contributed by atoms with Gasteiger partial charge >= 0.3 is 0 Å². The molecule has 0 amide bonds. The Morgan fingerprint density at radius 2 is 2.12 bits per heavy atom. The van der Waals surface area contributed by atoms with Gasteiger partial charge in [0.15, 0.2) is 0 Å². The zero-order valence-corrected chi connectivity index (χ0v) is 11.2. The van der Waals surface area contributed by atoms with Gasteiger partial charge in [-0.1, -0.05) is 13.8 Å². The van der Waals surface area contributed by atoms with Gasteiger partial charge in [-0.3, -0.25) is 0 Å². The van der Waals surface area contributed by atoms with E-state index in [1.807, 2.05) is 0 Å². The Morgan fingerprint density at radius 3 is 2.75 bits per heavy atom. The summed E-state index contributed by atoms with van der Waals surface area (Å²) in [5, 5.41) is 0. The van der Waals surface area contributed by atoms with Crippen LogP contribution in [0.5, 0.6) is 5.75 Å². The molecule has 0 atom stereocenters. The third-order valence-electron chi connectivity index (χ3n) is 2.24. The molecule has 1 aromatic rings. The van der Waals surface area contributed by atoms with Crippen molar-refractivity contribution in [3.8, 4) is 5.75 Å². The Balaban J connectivity index is 2.51. The summed E-state index contributed by atoms with van der Waals surface area (Å²) in [6, 6.07) is 2.84. The highest BCUT2D eigenvalue weighted by atomic mass is 79.9. The first-order chi connectivity index (χ1) is 7.50. The van der Waals surface area contributed by atoms with E-state index < -0.39 is 0 Å². The first-order valence-corrected chi connectivity index (χ1v) is 6.17. The molecule has 0 aliphatic heterocycles. The molecule has 16 heavy (non-hydrogen) atoms. The largest absolute Gasteiger partial charge is 0.491 e. The number of ether oxygens (including phenoxy) is 1. The zero-order chi connectivity index (χ0) is 12.1. The lowest BCUT2D eigenvalue weighted by molar-refractivity contribution is 0.298. The van der Waals surface area contributed by atoms with Crippen molar-refractivity contribution in [2.45, 2.75) is 26.7 Å². The van der Waals surface area contributed by atoms with Crippen molar-refractivity contribution in [2.24, 2.45) is 5.92 Å². The lowest BCUT2D eigenvalue weighted by Crippen LogP contribution is -2.02. The highest BCUT2D eigenvalue weighted by Gasteiger charge is 2.06. The number of nitrogens with two attached hydrogens (primary N) is 1. The summed E-state index contributed by atoms with van der Waals surface area (Å²) in [5.74, 6) is 0.838. The molecule has 4 heteroatoms. The number of hydrogen-bond donors (Lipinski definition) is 1.